The third-order valence-electron chi connectivity index (χ3n) is 6.83. The minimum Gasteiger partial charge on any atom is -0.391 e. The summed E-state index contributed by atoms with van der Waals surface area (Å²) in [5, 5.41) is 0.943. The van der Waals surface area contributed by atoms with Crippen LogP contribution in [0.25, 0.3) is 0 Å². The molecule has 0 radical (unpaired) electrons. The molecule has 0 rings (SSSR count). The van der Waals surface area contributed by atoms with Crippen molar-refractivity contribution in [1.82, 2.24) is 4.31 Å². The molecule has 0 saturated heterocycles. The molecular formula is C20H24F21N2O6S2+. The minimum absolute atomic E-state index is 0.233. The molecule has 308 valence electrons. The molecule has 0 fully saturated rings. The second-order valence-electron chi connectivity index (χ2n) is 11.1. The minimum atomic E-state index is -9.47. The van der Waals surface area contributed by atoms with Gasteiger partial charge < -0.3 is 9.59 Å². The van der Waals surface area contributed by atoms with Crippen LogP contribution in [0.15, 0.2) is 0 Å². The first-order chi connectivity index (χ1) is 21.9. The van der Waals surface area contributed by atoms with Gasteiger partial charge in [-0.2, -0.15) is 105 Å². The molecule has 0 aliphatic heterocycles. The maximum absolute atomic E-state index is 14.8. The van der Waals surface area contributed by atoms with Gasteiger partial charge in [0, 0.05) is 19.5 Å². The Kier molecular flexibility index (Phi) is 13.7. The third-order valence-corrected chi connectivity index (χ3v) is 9.59. The normalized spacial score (nSPS) is 16.3. The van der Waals surface area contributed by atoms with Gasteiger partial charge in [0.25, 0.3) is 20.1 Å². The molecular weight excluding hydrogens is 827 g/mol. The lowest BCUT2D eigenvalue weighted by Crippen LogP contribution is -2.77. The quantitative estimate of drug-likeness (QED) is 0.0940. The molecule has 31 heteroatoms. The van der Waals surface area contributed by atoms with E-state index in [9.17, 15) is 109 Å². The Labute approximate surface area is 272 Å². The Balaban J connectivity index is 7.29. The Morgan fingerprint density at radius 1 is 0.510 bits per heavy atom. The van der Waals surface area contributed by atoms with Crippen molar-refractivity contribution in [3.8, 4) is 0 Å². The van der Waals surface area contributed by atoms with Crippen LogP contribution in [-0.2, 0) is 20.1 Å². The highest BCUT2D eigenvalue weighted by Crippen LogP contribution is 2.66. The fourth-order valence-electron chi connectivity index (χ4n) is 3.70. The molecule has 0 atom stereocenters. The highest BCUT2D eigenvalue weighted by atomic mass is 32.2. The molecule has 0 amide bonds. The fraction of sp³-hybridized carbons (Fsp3) is 1.00. The van der Waals surface area contributed by atoms with E-state index in [-0.39, 0.29) is 6.54 Å². The Morgan fingerprint density at radius 3 is 1.14 bits per heavy atom. The highest BCUT2D eigenvalue weighted by molar-refractivity contribution is 7.90. The first-order valence-electron chi connectivity index (χ1n) is 12.7. The van der Waals surface area contributed by atoms with Crippen LogP contribution < -0.4 is 0 Å². The van der Waals surface area contributed by atoms with Gasteiger partial charge in [-0.15, -0.1) is 0 Å². The molecule has 2 N–H and O–H groups in total. The standard InChI is InChI=1S/C20H23F21N2O6S2/c1-43(2,8-9-44)7-3-5-42(6-4-10-50(45,46)47)51(48,49)20(40,41)18(35,36)16(31,32)14(27,28)12(23,24)11(21,22)13(25,26)15(29,30)17(33,34)19(37,38)39/h44H,3-10H2,1-2H3/p+1. The summed E-state index contributed by atoms with van der Waals surface area (Å²) in [6, 6.07) is 0. The topological polar surface area (TPSA) is 112 Å². The summed E-state index contributed by atoms with van der Waals surface area (Å²) in [6.45, 7) is -4.87. The molecule has 51 heavy (non-hydrogen) atoms. The summed E-state index contributed by atoms with van der Waals surface area (Å²) in [5.74, 6) is -74.8. The maximum atomic E-state index is 14.8. The maximum Gasteiger partial charge on any atom is 0.460 e. The Morgan fingerprint density at radius 2 is 0.824 bits per heavy atom. The number of aliphatic hydroxyl groups excluding tert-OH is 1. The zero-order chi connectivity index (χ0) is 41.7. The van der Waals surface area contributed by atoms with Crippen LogP contribution in [0.2, 0.25) is 0 Å². The van der Waals surface area contributed by atoms with Gasteiger partial charge in [0.15, 0.2) is 0 Å². The number of hydrogen-bond acceptors (Lipinski definition) is 5. The van der Waals surface area contributed by atoms with Gasteiger partial charge in [0.1, 0.15) is 6.54 Å². The molecule has 0 aromatic carbocycles. The van der Waals surface area contributed by atoms with Gasteiger partial charge in [0.2, 0.25) is 0 Å². The lowest BCUT2D eigenvalue weighted by atomic mass is 9.87. The largest absolute Gasteiger partial charge is 0.460 e. The first-order valence-corrected chi connectivity index (χ1v) is 15.8. The van der Waals surface area contributed by atoms with E-state index >= 15 is 0 Å². The third kappa shape index (κ3) is 8.20. The summed E-state index contributed by atoms with van der Waals surface area (Å²) in [6.07, 6.45) is -10.5. The molecule has 0 aromatic heterocycles. The second-order valence-corrected chi connectivity index (χ2v) is 14.7. The van der Waals surface area contributed by atoms with E-state index in [1.54, 1.807) is 0 Å². The monoisotopic (exact) mass is 851 g/mol. The zero-order valence-corrected chi connectivity index (χ0v) is 26.5. The van der Waals surface area contributed by atoms with Crippen molar-refractivity contribution in [2.45, 2.75) is 71.7 Å². The summed E-state index contributed by atoms with van der Waals surface area (Å²) in [4.78, 5) is 0. The van der Waals surface area contributed by atoms with E-state index in [0.29, 0.717) is 0 Å². The van der Waals surface area contributed by atoms with E-state index in [4.69, 9.17) is 9.66 Å². The SMILES string of the molecule is C[N+](C)(CCO)CCCN(CCCS(=O)(=O)O)S(=O)(=O)C(F)(F)C(F)(F)C(F)(F)C(F)(F)C(F)(F)C(F)(F)C(F)(F)C(F)(F)C(F)(F)C(F)(F)F. The van der Waals surface area contributed by atoms with Crippen molar-refractivity contribution in [2.24, 2.45) is 0 Å². The van der Waals surface area contributed by atoms with Gasteiger partial charge in [0.05, 0.1) is 33.0 Å². The average molecular weight is 852 g/mol. The number of aliphatic hydroxyl groups is 1. The van der Waals surface area contributed by atoms with E-state index in [1.165, 1.54) is 14.1 Å². The summed E-state index contributed by atoms with van der Waals surface area (Å²) in [7, 11) is -10.6. The van der Waals surface area contributed by atoms with Crippen molar-refractivity contribution >= 4 is 20.1 Å². The molecule has 0 aliphatic rings. The fourth-order valence-corrected chi connectivity index (χ4v) is 5.71. The van der Waals surface area contributed by atoms with Gasteiger partial charge >= 0.3 is 58.8 Å². The van der Waals surface area contributed by atoms with E-state index in [1.807, 2.05) is 0 Å². The number of quaternary nitrogens is 1. The molecule has 0 saturated carbocycles. The smallest absolute Gasteiger partial charge is 0.391 e. The summed E-state index contributed by atoms with van der Waals surface area (Å²) in [5.41, 5.74) is 0. The predicted molar refractivity (Wildman–Crippen MR) is 126 cm³/mol. The number of likely N-dealkylation sites (N-methyl/N-ethyl adjacent to an activating group) is 1. The van der Waals surface area contributed by atoms with E-state index < -0.39 is 133 Å². The molecule has 0 aromatic rings. The van der Waals surface area contributed by atoms with Crippen LogP contribution in [0.3, 0.4) is 0 Å². The van der Waals surface area contributed by atoms with Crippen LogP contribution in [0, 0.1) is 0 Å². The molecule has 8 nitrogen and oxygen atoms in total. The van der Waals surface area contributed by atoms with E-state index in [2.05, 4.69) is 0 Å². The predicted octanol–water partition coefficient (Wildman–Crippen LogP) is 5.59. The van der Waals surface area contributed by atoms with Crippen molar-refractivity contribution < 1.29 is 123 Å². The lowest BCUT2D eigenvalue weighted by molar-refractivity contribution is -0.890. The number of alkyl halides is 21. The molecule has 0 heterocycles. The van der Waals surface area contributed by atoms with Crippen LogP contribution in [-0.4, -0.2) is 147 Å². The van der Waals surface area contributed by atoms with Crippen LogP contribution in [0.1, 0.15) is 12.8 Å². The summed E-state index contributed by atoms with van der Waals surface area (Å²) >= 11 is 0. The van der Waals surface area contributed by atoms with Gasteiger partial charge in [-0.05, 0) is 6.42 Å². The number of nitrogens with zero attached hydrogens (tertiary/aromatic N) is 2. The molecule has 0 aliphatic carbocycles. The van der Waals surface area contributed by atoms with Crippen LogP contribution in [0.4, 0.5) is 92.2 Å². The number of rotatable bonds is 20. The zero-order valence-electron chi connectivity index (χ0n) is 24.8. The van der Waals surface area contributed by atoms with Crippen molar-refractivity contribution in [3.63, 3.8) is 0 Å². The van der Waals surface area contributed by atoms with E-state index in [0.717, 1.165) is 0 Å². The number of halogens is 21. The van der Waals surface area contributed by atoms with Crippen LogP contribution >= 0.6 is 0 Å². The van der Waals surface area contributed by atoms with Gasteiger partial charge in [-0.3, -0.25) is 4.55 Å². The van der Waals surface area contributed by atoms with Crippen molar-refractivity contribution in [1.29, 1.82) is 0 Å². The average Bonchev–Trinajstić information content (AvgIpc) is 2.89. The first kappa shape index (κ1) is 49.3. The van der Waals surface area contributed by atoms with Crippen molar-refractivity contribution in [3.05, 3.63) is 0 Å². The van der Waals surface area contributed by atoms with Crippen molar-refractivity contribution in [2.75, 3.05) is 52.6 Å². The Hall–Kier alpha value is -1.73. The number of hydrogen-bond donors (Lipinski definition) is 2. The molecule has 0 unspecified atom stereocenters. The molecule has 0 bridgehead atoms. The van der Waals surface area contributed by atoms with Gasteiger partial charge in [-0.1, -0.05) is 0 Å². The summed E-state index contributed by atoms with van der Waals surface area (Å²) < 4.78 is 342. The van der Waals surface area contributed by atoms with Gasteiger partial charge in [-0.25, -0.2) is 8.42 Å². The second kappa shape index (κ2) is 14.2. The highest BCUT2D eigenvalue weighted by Gasteiger charge is 2.98. The Bertz CT molecular complexity index is 1430. The van der Waals surface area contributed by atoms with Crippen LogP contribution in [0.5, 0.6) is 0 Å². The number of sulfonamides is 1. The molecule has 0 spiro atoms. The lowest BCUT2D eigenvalue weighted by Gasteiger charge is -2.44.